The van der Waals surface area contributed by atoms with E-state index >= 15 is 0 Å². The molecular formula is C14H13BrN2O2. The van der Waals surface area contributed by atoms with Crippen LogP contribution in [0.5, 0.6) is 5.75 Å². The van der Waals surface area contributed by atoms with Gasteiger partial charge in [0.25, 0.3) is 5.91 Å². The van der Waals surface area contributed by atoms with Gasteiger partial charge in [-0.15, -0.1) is 0 Å². The van der Waals surface area contributed by atoms with Gasteiger partial charge >= 0.3 is 0 Å². The Hall–Kier alpha value is -1.88. The SMILES string of the molecule is CN(Cc1ccc(Br)cc1)C(=O)c1ncccc1O. The zero-order chi connectivity index (χ0) is 13.8. The Labute approximate surface area is 119 Å². The molecule has 0 atom stereocenters. The van der Waals surface area contributed by atoms with Crippen molar-refractivity contribution >= 4 is 21.8 Å². The Kier molecular flexibility index (Phi) is 4.16. The third-order valence-corrected chi connectivity index (χ3v) is 3.20. The molecule has 1 amide bonds. The van der Waals surface area contributed by atoms with Crippen molar-refractivity contribution in [3.8, 4) is 5.75 Å². The zero-order valence-corrected chi connectivity index (χ0v) is 12.0. The van der Waals surface area contributed by atoms with Gasteiger partial charge in [-0.1, -0.05) is 28.1 Å². The average Bonchev–Trinajstić information content (AvgIpc) is 2.41. The van der Waals surface area contributed by atoms with Gasteiger partial charge in [-0.2, -0.15) is 0 Å². The Balaban J connectivity index is 2.12. The van der Waals surface area contributed by atoms with Gasteiger partial charge in [-0.3, -0.25) is 4.79 Å². The van der Waals surface area contributed by atoms with E-state index in [0.29, 0.717) is 6.54 Å². The molecule has 1 N–H and O–H groups in total. The van der Waals surface area contributed by atoms with E-state index < -0.39 is 0 Å². The largest absolute Gasteiger partial charge is 0.505 e. The molecule has 0 aliphatic carbocycles. The van der Waals surface area contributed by atoms with Crippen molar-refractivity contribution in [1.29, 1.82) is 0 Å². The summed E-state index contributed by atoms with van der Waals surface area (Å²) in [6, 6.07) is 10.8. The van der Waals surface area contributed by atoms with Crippen LogP contribution in [0.4, 0.5) is 0 Å². The quantitative estimate of drug-likeness (QED) is 0.946. The molecule has 2 aromatic rings. The molecule has 98 valence electrons. The van der Waals surface area contributed by atoms with Crippen molar-refractivity contribution in [3.63, 3.8) is 0 Å². The smallest absolute Gasteiger partial charge is 0.276 e. The number of benzene rings is 1. The summed E-state index contributed by atoms with van der Waals surface area (Å²) in [7, 11) is 1.68. The monoisotopic (exact) mass is 320 g/mol. The highest BCUT2D eigenvalue weighted by Gasteiger charge is 2.16. The molecule has 0 aliphatic rings. The van der Waals surface area contributed by atoms with E-state index in [1.165, 1.54) is 17.2 Å². The summed E-state index contributed by atoms with van der Waals surface area (Å²) in [6.45, 7) is 0.460. The third kappa shape index (κ3) is 3.32. The maximum atomic E-state index is 12.1. The predicted molar refractivity (Wildman–Crippen MR) is 75.8 cm³/mol. The maximum Gasteiger partial charge on any atom is 0.276 e. The fourth-order valence-corrected chi connectivity index (χ4v) is 1.94. The molecule has 0 fully saturated rings. The Morgan fingerprint density at radius 3 is 2.63 bits per heavy atom. The lowest BCUT2D eigenvalue weighted by molar-refractivity contribution is 0.0776. The number of hydrogen-bond acceptors (Lipinski definition) is 3. The van der Waals surface area contributed by atoms with E-state index in [1.807, 2.05) is 24.3 Å². The van der Waals surface area contributed by atoms with Gasteiger partial charge in [0.1, 0.15) is 5.75 Å². The van der Waals surface area contributed by atoms with E-state index in [9.17, 15) is 9.90 Å². The summed E-state index contributed by atoms with van der Waals surface area (Å²) in [5, 5.41) is 9.62. The summed E-state index contributed by atoms with van der Waals surface area (Å²) in [4.78, 5) is 17.6. The lowest BCUT2D eigenvalue weighted by Gasteiger charge is -2.17. The molecule has 0 saturated carbocycles. The van der Waals surface area contributed by atoms with Crippen LogP contribution < -0.4 is 0 Å². The van der Waals surface area contributed by atoms with E-state index in [0.717, 1.165) is 10.0 Å². The molecule has 0 unspecified atom stereocenters. The van der Waals surface area contributed by atoms with Crippen LogP contribution in [-0.4, -0.2) is 27.9 Å². The second-order valence-corrected chi connectivity index (χ2v) is 5.07. The van der Waals surface area contributed by atoms with Crippen LogP contribution >= 0.6 is 15.9 Å². The van der Waals surface area contributed by atoms with Gasteiger partial charge < -0.3 is 10.0 Å². The number of halogens is 1. The molecule has 1 aromatic heterocycles. The number of carbonyl (C=O) groups excluding carboxylic acids is 1. The molecule has 2 rings (SSSR count). The van der Waals surface area contributed by atoms with Crippen molar-refractivity contribution in [2.75, 3.05) is 7.05 Å². The van der Waals surface area contributed by atoms with Crippen molar-refractivity contribution in [2.45, 2.75) is 6.54 Å². The molecule has 5 heteroatoms. The summed E-state index contributed by atoms with van der Waals surface area (Å²) in [5.41, 5.74) is 1.08. The summed E-state index contributed by atoms with van der Waals surface area (Å²) in [6.07, 6.45) is 1.49. The number of aromatic hydroxyl groups is 1. The molecule has 1 heterocycles. The van der Waals surface area contributed by atoms with Crippen LogP contribution in [0, 0.1) is 0 Å². The van der Waals surface area contributed by atoms with E-state index in [1.54, 1.807) is 13.1 Å². The van der Waals surface area contributed by atoms with Crippen molar-refractivity contribution in [3.05, 3.63) is 58.3 Å². The van der Waals surface area contributed by atoms with Crippen LogP contribution in [0.1, 0.15) is 16.1 Å². The van der Waals surface area contributed by atoms with Gasteiger partial charge in [-0.25, -0.2) is 4.98 Å². The first-order valence-electron chi connectivity index (χ1n) is 5.72. The Morgan fingerprint density at radius 2 is 2.00 bits per heavy atom. The Morgan fingerprint density at radius 1 is 1.32 bits per heavy atom. The molecule has 1 aromatic carbocycles. The van der Waals surface area contributed by atoms with E-state index in [4.69, 9.17) is 0 Å². The topological polar surface area (TPSA) is 53.4 Å². The number of carbonyl (C=O) groups is 1. The van der Waals surface area contributed by atoms with Crippen molar-refractivity contribution < 1.29 is 9.90 Å². The molecule has 0 spiro atoms. The fraction of sp³-hybridized carbons (Fsp3) is 0.143. The molecule has 0 radical (unpaired) electrons. The third-order valence-electron chi connectivity index (χ3n) is 2.67. The van der Waals surface area contributed by atoms with Crippen molar-refractivity contribution in [2.24, 2.45) is 0 Å². The molecule has 0 saturated heterocycles. The first-order chi connectivity index (χ1) is 9.08. The lowest BCUT2D eigenvalue weighted by Crippen LogP contribution is -2.27. The highest BCUT2D eigenvalue weighted by molar-refractivity contribution is 9.10. The minimum absolute atomic E-state index is 0.0714. The summed E-state index contributed by atoms with van der Waals surface area (Å²) < 4.78 is 0.993. The highest BCUT2D eigenvalue weighted by atomic mass is 79.9. The fourth-order valence-electron chi connectivity index (χ4n) is 1.68. The number of nitrogens with zero attached hydrogens (tertiary/aromatic N) is 2. The normalized spacial score (nSPS) is 10.2. The van der Waals surface area contributed by atoms with Crippen LogP contribution in [0.2, 0.25) is 0 Å². The number of pyridine rings is 1. The first kappa shape index (κ1) is 13.5. The van der Waals surface area contributed by atoms with Gasteiger partial charge in [-0.05, 0) is 29.8 Å². The van der Waals surface area contributed by atoms with Crippen LogP contribution in [0.15, 0.2) is 47.1 Å². The van der Waals surface area contributed by atoms with Crippen LogP contribution in [-0.2, 0) is 6.54 Å². The standard InChI is InChI=1S/C14H13BrN2O2/c1-17(9-10-4-6-11(15)7-5-10)14(19)13-12(18)3-2-8-16-13/h2-8,18H,9H2,1H3. The van der Waals surface area contributed by atoms with E-state index in [-0.39, 0.29) is 17.4 Å². The lowest BCUT2D eigenvalue weighted by atomic mass is 10.2. The zero-order valence-electron chi connectivity index (χ0n) is 10.4. The molecule has 0 aliphatic heterocycles. The molecule has 0 bridgehead atoms. The minimum atomic E-state index is -0.305. The van der Waals surface area contributed by atoms with Crippen LogP contribution in [0.3, 0.4) is 0 Å². The number of hydrogen-bond donors (Lipinski definition) is 1. The second kappa shape index (κ2) is 5.84. The van der Waals surface area contributed by atoms with Crippen LogP contribution in [0.25, 0.3) is 0 Å². The minimum Gasteiger partial charge on any atom is -0.505 e. The highest BCUT2D eigenvalue weighted by Crippen LogP contribution is 2.16. The second-order valence-electron chi connectivity index (χ2n) is 4.16. The molecule has 4 nitrogen and oxygen atoms in total. The van der Waals surface area contributed by atoms with E-state index in [2.05, 4.69) is 20.9 Å². The molecular weight excluding hydrogens is 308 g/mol. The molecule has 19 heavy (non-hydrogen) atoms. The summed E-state index contributed by atoms with van der Waals surface area (Å²) >= 11 is 3.36. The van der Waals surface area contributed by atoms with Crippen molar-refractivity contribution in [1.82, 2.24) is 9.88 Å². The van der Waals surface area contributed by atoms with Gasteiger partial charge in [0.2, 0.25) is 0 Å². The Bertz CT molecular complexity index is 584. The number of rotatable bonds is 3. The predicted octanol–water partition coefficient (Wildman–Crippen LogP) is 2.82. The van der Waals surface area contributed by atoms with Gasteiger partial charge in [0.15, 0.2) is 5.69 Å². The van der Waals surface area contributed by atoms with Gasteiger partial charge in [0, 0.05) is 24.3 Å². The average molecular weight is 321 g/mol. The maximum absolute atomic E-state index is 12.1. The first-order valence-corrected chi connectivity index (χ1v) is 6.51. The number of amides is 1. The van der Waals surface area contributed by atoms with Gasteiger partial charge in [0.05, 0.1) is 0 Å². The number of aromatic nitrogens is 1. The summed E-state index contributed by atoms with van der Waals surface area (Å²) in [5.74, 6) is -0.406.